The van der Waals surface area contributed by atoms with Crippen LogP contribution in [0.2, 0.25) is 0 Å². The molecular weight excluding hydrogens is 200 g/mol. The first-order chi connectivity index (χ1) is 6.62. The molecule has 0 atom stereocenters. The highest BCUT2D eigenvalue weighted by atomic mass is 19.3. The first-order valence-electron chi connectivity index (χ1n) is 5.23. The van der Waals surface area contributed by atoms with Gasteiger partial charge in [-0.2, -0.15) is 0 Å². The van der Waals surface area contributed by atoms with Gasteiger partial charge < -0.3 is 10.1 Å². The van der Waals surface area contributed by atoms with Crippen LogP contribution >= 0.6 is 0 Å². The summed E-state index contributed by atoms with van der Waals surface area (Å²) in [5.74, 6) is 0. The van der Waals surface area contributed by atoms with E-state index in [0.717, 1.165) is 6.54 Å². The molecule has 2 nitrogen and oxygen atoms in total. The van der Waals surface area contributed by atoms with Crippen molar-refractivity contribution in [3.63, 3.8) is 0 Å². The number of halogens is 2. The van der Waals surface area contributed by atoms with Gasteiger partial charge in [0.15, 0.2) is 0 Å². The summed E-state index contributed by atoms with van der Waals surface area (Å²) in [6, 6.07) is 0. The van der Waals surface area contributed by atoms with E-state index < -0.39 is 13.0 Å². The van der Waals surface area contributed by atoms with Crippen LogP contribution in [0.4, 0.5) is 8.78 Å². The maximum atomic E-state index is 11.8. The van der Waals surface area contributed by atoms with Crippen molar-refractivity contribution < 1.29 is 13.5 Å². The lowest BCUT2D eigenvalue weighted by Crippen LogP contribution is -2.43. The molecule has 0 amide bonds. The highest BCUT2D eigenvalue weighted by Gasteiger charge is 2.21. The van der Waals surface area contributed by atoms with E-state index in [4.69, 9.17) is 4.74 Å². The van der Waals surface area contributed by atoms with Crippen molar-refractivity contribution in [2.24, 2.45) is 5.41 Å². The van der Waals surface area contributed by atoms with E-state index in [2.05, 4.69) is 26.1 Å². The number of alkyl halides is 2. The molecule has 0 spiro atoms. The summed E-state index contributed by atoms with van der Waals surface area (Å²) in [6.45, 7) is 10.8. The number of hydrogen-bond acceptors (Lipinski definition) is 2. The van der Waals surface area contributed by atoms with E-state index in [0.29, 0.717) is 6.61 Å². The van der Waals surface area contributed by atoms with Gasteiger partial charge in [0.05, 0.1) is 6.61 Å². The van der Waals surface area contributed by atoms with Crippen LogP contribution in [-0.2, 0) is 4.74 Å². The number of hydrogen-bond donors (Lipinski definition) is 1. The zero-order valence-electron chi connectivity index (χ0n) is 10.4. The molecule has 0 aliphatic carbocycles. The minimum absolute atomic E-state index is 0.0417. The molecule has 0 aromatic rings. The van der Waals surface area contributed by atoms with Crippen molar-refractivity contribution in [1.82, 2.24) is 5.32 Å². The third kappa shape index (κ3) is 10.1. The monoisotopic (exact) mass is 223 g/mol. The van der Waals surface area contributed by atoms with Crippen molar-refractivity contribution in [3.8, 4) is 0 Å². The summed E-state index contributed by atoms with van der Waals surface area (Å²) < 4.78 is 28.6. The highest BCUT2D eigenvalue weighted by Crippen LogP contribution is 2.16. The second-order valence-corrected chi connectivity index (χ2v) is 5.67. The quantitative estimate of drug-likeness (QED) is 0.747. The lowest BCUT2D eigenvalue weighted by Gasteiger charge is -2.30. The molecule has 0 unspecified atom stereocenters. The third-order valence-electron chi connectivity index (χ3n) is 1.83. The van der Waals surface area contributed by atoms with Gasteiger partial charge in [-0.05, 0) is 20.8 Å². The topological polar surface area (TPSA) is 21.3 Å². The Morgan fingerprint density at radius 2 is 1.67 bits per heavy atom. The van der Waals surface area contributed by atoms with Crippen LogP contribution in [0.5, 0.6) is 0 Å². The smallest absolute Gasteiger partial charge is 0.261 e. The van der Waals surface area contributed by atoms with Gasteiger partial charge >= 0.3 is 0 Å². The molecule has 4 heteroatoms. The fourth-order valence-corrected chi connectivity index (χ4v) is 0.980. The van der Waals surface area contributed by atoms with E-state index in [-0.39, 0.29) is 11.0 Å². The molecule has 1 N–H and O–H groups in total. The lowest BCUT2D eigenvalue weighted by molar-refractivity contribution is -0.0133. The summed E-state index contributed by atoms with van der Waals surface area (Å²) in [5, 5.41) is 3.33. The zero-order valence-corrected chi connectivity index (χ0v) is 10.4. The molecule has 0 fully saturated rings. The minimum atomic E-state index is -2.38. The van der Waals surface area contributed by atoms with Crippen molar-refractivity contribution in [3.05, 3.63) is 0 Å². The Kier molecular flexibility index (Phi) is 5.67. The number of rotatable bonds is 6. The average molecular weight is 223 g/mol. The van der Waals surface area contributed by atoms with Crippen LogP contribution in [0, 0.1) is 5.41 Å². The summed E-state index contributed by atoms with van der Waals surface area (Å²) in [6.07, 6.45) is -2.38. The van der Waals surface area contributed by atoms with E-state index in [1.54, 1.807) is 0 Å². The zero-order chi connectivity index (χ0) is 12.1. The van der Waals surface area contributed by atoms with Gasteiger partial charge in [0.2, 0.25) is 0 Å². The Bertz CT molecular complexity index is 176. The molecule has 0 saturated heterocycles. The van der Waals surface area contributed by atoms with Crippen LogP contribution in [0.3, 0.4) is 0 Å². The first-order valence-corrected chi connectivity index (χ1v) is 5.23. The number of nitrogens with one attached hydrogen (secondary N) is 1. The van der Waals surface area contributed by atoms with Gasteiger partial charge in [0.1, 0.15) is 6.61 Å². The van der Waals surface area contributed by atoms with Gasteiger partial charge in [-0.15, -0.1) is 0 Å². The molecule has 92 valence electrons. The molecule has 0 aromatic carbocycles. The fourth-order valence-electron chi connectivity index (χ4n) is 0.980. The standard InChI is InChI=1S/C11H23F2NO/c1-10(2,3)14-7-11(4,5)8-15-6-9(12)13/h9,14H,6-8H2,1-5H3. The minimum Gasteiger partial charge on any atom is -0.375 e. The second kappa shape index (κ2) is 5.75. The summed E-state index contributed by atoms with van der Waals surface area (Å²) in [4.78, 5) is 0. The fraction of sp³-hybridized carbons (Fsp3) is 1.00. The largest absolute Gasteiger partial charge is 0.375 e. The molecule has 0 radical (unpaired) electrons. The Morgan fingerprint density at radius 3 is 2.07 bits per heavy atom. The second-order valence-electron chi connectivity index (χ2n) is 5.67. The molecule has 0 saturated carbocycles. The molecule has 0 heterocycles. The maximum Gasteiger partial charge on any atom is 0.261 e. The normalized spacial score (nSPS) is 13.6. The van der Waals surface area contributed by atoms with Gasteiger partial charge in [-0.3, -0.25) is 0 Å². The van der Waals surface area contributed by atoms with Crippen molar-refractivity contribution >= 4 is 0 Å². The predicted molar refractivity (Wildman–Crippen MR) is 58.4 cm³/mol. The van der Waals surface area contributed by atoms with Gasteiger partial charge in [0.25, 0.3) is 6.43 Å². The molecule has 0 bridgehead atoms. The van der Waals surface area contributed by atoms with E-state index in [9.17, 15) is 8.78 Å². The predicted octanol–water partition coefficient (Wildman–Crippen LogP) is 2.68. The Balaban J connectivity index is 3.77. The highest BCUT2D eigenvalue weighted by molar-refractivity contribution is 4.77. The van der Waals surface area contributed by atoms with Gasteiger partial charge in [-0.25, -0.2) is 8.78 Å². The average Bonchev–Trinajstić information content (AvgIpc) is 1.99. The van der Waals surface area contributed by atoms with Crippen molar-refractivity contribution in [2.45, 2.75) is 46.6 Å². The van der Waals surface area contributed by atoms with E-state index in [1.165, 1.54) is 0 Å². The first kappa shape index (κ1) is 14.8. The van der Waals surface area contributed by atoms with Crippen LogP contribution in [0.25, 0.3) is 0 Å². The van der Waals surface area contributed by atoms with Gasteiger partial charge in [0, 0.05) is 17.5 Å². The molecule has 0 aliphatic rings. The van der Waals surface area contributed by atoms with Crippen molar-refractivity contribution in [2.75, 3.05) is 19.8 Å². The van der Waals surface area contributed by atoms with Crippen molar-refractivity contribution in [1.29, 1.82) is 0 Å². The Labute approximate surface area is 91.4 Å². The molecule has 0 aromatic heterocycles. The van der Waals surface area contributed by atoms with Crippen LogP contribution in [0.1, 0.15) is 34.6 Å². The SMILES string of the molecule is CC(C)(CNC(C)(C)C)COCC(F)F. The molecular formula is C11H23F2NO. The third-order valence-corrected chi connectivity index (χ3v) is 1.83. The Morgan fingerprint density at radius 1 is 1.13 bits per heavy atom. The molecule has 0 rings (SSSR count). The van der Waals surface area contributed by atoms with Gasteiger partial charge in [-0.1, -0.05) is 13.8 Å². The van der Waals surface area contributed by atoms with Crippen LogP contribution in [0.15, 0.2) is 0 Å². The van der Waals surface area contributed by atoms with Crippen LogP contribution in [-0.4, -0.2) is 31.7 Å². The lowest BCUT2D eigenvalue weighted by atomic mass is 9.93. The number of ether oxygens (including phenoxy) is 1. The molecule has 0 aliphatic heterocycles. The van der Waals surface area contributed by atoms with E-state index in [1.807, 2.05) is 13.8 Å². The van der Waals surface area contributed by atoms with E-state index >= 15 is 0 Å². The maximum absolute atomic E-state index is 11.8. The summed E-state index contributed by atoms with van der Waals surface area (Å²) in [5.41, 5.74) is -0.0812. The Hall–Kier alpha value is -0.220. The summed E-state index contributed by atoms with van der Waals surface area (Å²) in [7, 11) is 0. The van der Waals surface area contributed by atoms with Crippen LogP contribution < -0.4 is 5.32 Å². The molecule has 15 heavy (non-hydrogen) atoms. The summed E-state index contributed by atoms with van der Waals surface area (Å²) >= 11 is 0.